The van der Waals surface area contributed by atoms with Crippen LogP contribution in [0.4, 0.5) is 5.69 Å². The Bertz CT molecular complexity index is 770. The van der Waals surface area contributed by atoms with Crippen LogP contribution in [0.1, 0.15) is 5.56 Å². The number of hydrogen-bond donors (Lipinski definition) is 1. The van der Waals surface area contributed by atoms with Gasteiger partial charge in [-0.2, -0.15) is 5.10 Å². The predicted molar refractivity (Wildman–Crippen MR) is 84.9 cm³/mol. The van der Waals surface area contributed by atoms with Crippen molar-refractivity contribution in [3.05, 3.63) is 64.9 Å². The number of aromatic nitrogens is 2. The van der Waals surface area contributed by atoms with Gasteiger partial charge in [0.05, 0.1) is 22.9 Å². The van der Waals surface area contributed by atoms with Gasteiger partial charge in [-0.05, 0) is 45.8 Å². The third kappa shape index (κ3) is 2.83. The first kappa shape index (κ1) is 12.7. The Labute approximate surface area is 124 Å². The van der Waals surface area contributed by atoms with Gasteiger partial charge in [0.1, 0.15) is 0 Å². The van der Waals surface area contributed by atoms with Crippen molar-refractivity contribution in [3.8, 4) is 0 Å². The largest absolute Gasteiger partial charge is 0.277 e. The Morgan fingerprint density at radius 1 is 1.00 bits per heavy atom. The van der Waals surface area contributed by atoms with Crippen molar-refractivity contribution in [1.29, 1.82) is 0 Å². The lowest BCUT2D eigenvalue weighted by Crippen LogP contribution is -1.92. The van der Waals surface area contributed by atoms with Gasteiger partial charge in [0.25, 0.3) is 0 Å². The van der Waals surface area contributed by atoms with Gasteiger partial charge in [0.2, 0.25) is 0 Å². The molecule has 0 saturated heterocycles. The molecule has 0 amide bonds. The number of hydrazone groups is 1. The zero-order chi connectivity index (χ0) is 13.8. The van der Waals surface area contributed by atoms with Crippen molar-refractivity contribution in [3.63, 3.8) is 0 Å². The average Bonchev–Trinajstić information content (AvgIpc) is 2.49. The fourth-order valence-corrected chi connectivity index (χ4v) is 2.16. The number of rotatable bonds is 3. The Balaban J connectivity index is 1.79. The molecule has 1 N–H and O–H groups in total. The summed E-state index contributed by atoms with van der Waals surface area (Å²) in [7, 11) is 0. The molecule has 20 heavy (non-hydrogen) atoms. The second-order valence-electron chi connectivity index (χ2n) is 4.15. The highest BCUT2D eigenvalue weighted by molar-refractivity contribution is 9.10. The van der Waals surface area contributed by atoms with Crippen LogP contribution in [0.2, 0.25) is 0 Å². The molecule has 0 atom stereocenters. The van der Waals surface area contributed by atoms with E-state index < -0.39 is 0 Å². The van der Waals surface area contributed by atoms with Gasteiger partial charge in [-0.25, -0.2) is 0 Å². The van der Waals surface area contributed by atoms with Crippen LogP contribution in [0, 0.1) is 0 Å². The number of para-hydroxylation sites is 1. The van der Waals surface area contributed by atoms with Crippen LogP contribution >= 0.6 is 15.9 Å². The minimum Gasteiger partial charge on any atom is -0.277 e. The van der Waals surface area contributed by atoms with E-state index in [2.05, 4.69) is 36.4 Å². The van der Waals surface area contributed by atoms with Gasteiger partial charge in [0, 0.05) is 16.9 Å². The maximum atomic E-state index is 4.27. The maximum Gasteiger partial charge on any atom is 0.0893 e. The van der Waals surface area contributed by atoms with Gasteiger partial charge in [-0.3, -0.25) is 15.4 Å². The van der Waals surface area contributed by atoms with Crippen molar-refractivity contribution < 1.29 is 0 Å². The fraction of sp³-hybridized carbons (Fsp3) is 0. The molecule has 0 fully saturated rings. The molecule has 0 aliphatic carbocycles. The molecule has 0 aliphatic rings. The summed E-state index contributed by atoms with van der Waals surface area (Å²) in [6, 6.07) is 13.7. The number of hydrogen-bond acceptors (Lipinski definition) is 4. The van der Waals surface area contributed by atoms with Crippen LogP contribution in [0.15, 0.2) is 64.4 Å². The molecule has 4 nitrogen and oxygen atoms in total. The fourth-order valence-electron chi connectivity index (χ4n) is 1.79. The van der Waals surface area contributed by atoms with E-state index in [1.165, 1.54) is 0 Å². The van der Waals surface area contributed by atoms with Crippen LogP contribution in [0.3, 0.4) is 0 Å². The van der Waals surface area contributed by atoms with E-state index in [4.69, 9.17) is 0 Å². The summed E-state index contributed by atoms with van der Waals surface area (Å²) >= 11 is 3.46. The summed E-state index contributed by atoms with van der Waals surface area (Å²) in [5.74, 6) is 0. The summed E-state index contributed by atoms with van der Waals surface area (Å²) in [5, 5.41) is 4.23. The van der Waals surface area contributed by atoms with E-state index in [1.807, 2.05) is 42.5 Å². The number of halogens is 1. The summed E-state index contributed by atoms with van der Waals surface area (Å²) < 4.78 is 0.974. The topological polar surface area (TPSA) is 50.2 Å². The summed E-state index contributed by atoms with van der Waals surface area (Å²) in [4.78, 5) is 8.50. The van der Waals surface area contributed by atoms with E-state index in [-0.39, 0.29) is 0 Å². The van der Waals surface area contributed by atoms with Crippen LogP contribution in [-0.2, 0) is 0 Å². The lowest BCUT2D eigenvalue weighted by atomic mass is 10.2. The molecule has 3 rings (SSSR count). The molecule has 0 saturated carbocycles. The number of nitrogens with one attached hydrogen (secondary N) is 1. The Morgan fingerprint density at radius 3 is 2.65 bits per heavy atom. The highest BCUT2D eigenvalue weighted by atomic mass is 79.9. The molecule has 0 spiro atoms. The molecule has 3 aromatic rings. The molecule has 0 unspecified atom stereocenters. The van der Waals surface area contributed by atoms with Crippen LogP contribution < -0.4 is 5.43 Å². The molecule has 1 heterocycles. The van der Waals surface area contributed by atoms with Crippen LogP contribution in [0.5, 0.6) is 0 Å². The SMILES string of the molecule is Brc1ccccc1NN=Cc1ccc2nccnc2c1. The lowest BCUT2D eigenvalue weighted by Gasteiger charge is -2.02. The zero-order valence-electron chi connectivity index (χ0n) is 10.5. The second kappa shape index (κ2) is 5.79. The van der Waals surface area contributed by atoms with Gasteiger partial charge in [-0.1, -0.05) is 18.2 Å². The van der Waals surface area contributed by atoms with Gasteiger partial charge < -0.3 is 0 Å². The molecule has 0 bridgehead atoms. The smallest absolute Gasteiger partial charge is 0.0893 e. The Kier molecular flexibility index (Phi) is 3.69. The van der Waals surface area contributed by atoms with Gasteiger partial charge in [-0.15, -0.1) is 0 Å². The first-order valence-corrected chi connectivity index (χ1v) is 6.86. The zero-order valence-corrected chi connectivity index (χ0v) is 12.1. The van der Waals surface area contributed by atoms with Crippen molar-refractivity contribution in [2.24, 2.45) is 5.10 Å². The van der Waals surface area contributed by atoms with E-state index in [0.29, 0.717) is 0 Å². The standard InChI is InChI=1S/C15H11BrN4/c16-12-3-1-2-4-13(12)20-19-10-11-5-6-14-15(9-11)18-8-7-17-14/h1-10,20H. The first-order valence-electron chi connectivity index (χ1n) is 6.07. The number of nitrogens with zero attached hydrogens (tertiary/aromatic N) is 3. The summed E-state index contributed by atoms with van der Waals surface area (Å²) in [6.45, 7) is 0. The highest BCUT2D eigenvalue weighted by Crippen LogP contribution is 2.20. The molecule has 0 aliphatic heterocycles. The number of benzene rings is 2. The molecular weight excluding hydrogens is 316 g/mol. The summed E-state index contributed by atoms with van der Waals surface area (Å²) in [5.41, 5.74) is 6.62. The maximum absolute atomic E-state index is 4.27. The molecule has 1 aromatic heterocycles. The predicted octanol–water partition coefficient (Wildman–Crippen LogP) is 3.84. The van der Waals surface area contributed by atoms with Crippen molar-refractivity contribution in [1.82, 2.24) is 9.97 Å². The molecule has 2 aromatic carbocycles. The molecule has 98 valence electrons. The second-order valence-corrected chi connectivity index (χ2v) is 5.01. The van der Waals surface area contributed by atoms with Gasteiger partial charge in [0.15, 0.2) is 0 Å². The van der Waals surface area contributed by atoms with Crippen molar-refractivity contribution in [2.45, 2.75) is 0 Å². The van der Waals surface area contributed by atoms with E-state index in [9.17, 15) is 0 Å². The Hall–Kier alpha value is -2.27. The molecular formula is C15H11BrN4. The van der Waals surface area contributed by atoms with Gasteiger partial charge >= 0.3 is 0 Å². The van der Waals surface area contributed by atoms with E-state index in [0.717, 1.165) is 26.8 Å². The van der Waals surface area contributed by atoms with Crippen molar-refractivity contribution >= 4 is 38.9 Å². The van der Waals surface area contributed by atoms with Crippen LogP contribution in [-0.4, -0.2) is 16.2 Å². The minimum atomic E-state index is 0.859. The quantitative estimate of drug-likeness (QED) is 0.587. The summed E-state index contributed by atoms with van der Waals surface area (Å²) in [6.07, 6.45) is 5.13. The van der Waals surface area contributed by atoms with E-state index >= 15 is 0 Å². The van der Waals surface area contributed by atoms with Crippen molar-refractivity contribution in [2.75, 3.05) is 5.43 Å². The number of anilines is 1. The third-order valence-corrected chi connectivity index (χ3v) is 3.46. The molecule has 0 radical (unpaired) electrons. The minimum absolute atomic E-state index is 0.859. The average molecular weight is 327 g/mol. The van der Waals surface area contributed by atoms with Crippen LogP contribution in [0.25, 0.3) is 11.0 Å². The monoisotopic (exact) mass is 326 g/mol. The Morgan fingerprint density at radius 2 is 1.80 bits per heavy atom. The normalized spacial score (nSPS) is 11.1. The lowest BCUT2D eigenvalue weighted by molar-refractivity contribution is 1.29. The molecule has 5 heteroatoms. The number of fused-ring (bicyclic) bond motifs is 1. The first-order chi connectivity index (χ1) is 9.83. The third-order valence-electron chi connectivity index (χ3n) is 2.77. The highest BCUT2D eigenvalue weighted by Gasteiger charge is 1.97. The van der Waals surface area contributed by atoms with E-state index in [1.54, 1.807) is 18.6 Å².